The van der Waals surface area contributed by atoms with Gasteiger partial charge in [0.05, 0.1) is 45.6 Å². The Bertz CT molecular complexity index is 638. The Labute approximate surface area is 173 Å². The van der Waals surface area contributed by atoms with E-state index in [9.17, 15) is 57.8 Å². The SMILES string of the molecule is C[NH+](CCCNS(=O)(=O)CCC(F)(F)CC(F)(C(F)(F)F)C(F)(F)F)CC(=O)[O-].[CH2+]C. The van der Waals surface area contributed by atoms with E-state index in [1.54, 1.807) is 11.6 Å². The van der Waals surface area contributed by atoms with Crippen molar-refractivity contribution in [2.24, 2.45) is 0 Å². The molecule has 0 aromatic heterocycles. The molecule has 0 aliphatic carbocycles. The monoisotopic (exact) mass is 499 g/mol. The molecule has 1 atom stereocenters. The van der Waals surface area contributed by atoms with E-state index < -0.39 is 58.5 Å². The molecule has 0 saturated carbocycles. The third-order valence-corrected chi connectivity index (χ3v) is 5.07. The Morgan fingerprint density at radius 3 is 1.84 bits per heavy atom. The molecule has 0 fully saturated rings. The van der Waals surface area contributed by atoms with Crippen molar-refractivity contribution in [3.05, 3.63) is 6.92 Å². The van der Waals surface area contributed by atoms with Crippen molar-refractivity contribution in [2.45, 2.75) is 50.1 Å². The smallest absolute Gasteiger partial charge is 0.431 e. The number of hydrogen-bond donors (Lipinski definition) is 2. The molecule has 0 aromatic rings. The first-order chi connectivity index (χ1) is 13.7. The highest BCUT2D eigenvalue weighted by molar-refractivity contribution is 7.89. The van der Waals surface area contributed by atoms with Crippen molar-refractivity contribution in [1.82, 2.24) is 4.72 Å². The van der Waals surface area contributed by atoms with Crippen molar-refractivity contribution < 1.29 is 62.7 Å². The Kier molecular flexibility index (Phi) is 12.3. The summed E-state index contributed by atoms with van der Waals surface area (Å²) >= 11 is 0. The van der Waals surface area contributed by atoms with Crippen LogP contribution in [-0.4, -0.2) is 70.8 Å². The fourth-order valence-corrected chi connectivity index (χ4v) is 3.28. The van der Waals surface area contributed by atoms with E-state index in [2.05, 4.69) is 6.92 Å². The van der Waals surface area contributed by atoms with Gasteiger partial charge in [0.1, 0.15) is 6.54 Å². The molecule has 0 rings (SSSR count). The van der Waals surface area contributed by atoms with Crippen molar-refractivity contribution in [1.29, 1.82) is 0 Å². The Hall–Kier alpha value is -1.42. The highest BCUT2D eigenvalue weighted by atomic mass is 32.2. The second-order valence-corrected chi connectivity index (χ2v) is 8.33. The third-order valence-electron chi connectivity index (χ3n) is 3.69. The van der Waals surface area contributed by atoms with Crippen LogP contribution in [0, 0.1) is 6.92 Å². The molecule has 0 spiro atoms. The molecule has 0 heterocycles. The molecule has 0 amide bonds. The molecule has 0 aliphatic heterocycles. The summed E-state index contributed by atoms with van der Waals surface area (Å²) in [5.41, 5.74) is -6.20. The first-order valence-electron chi connectivity index (χ1n) is 8.62. The van der Waals surface area contributed by atoms with E-state index in [1.165, 1.54) is 7.05 Å². The maximum absolute atomic E-state index is 13.5. The zero-order valence-electron chi connectivity index (χ0n) is 16.6. The molecule has 0 radical (unpaired) electrons. The van der Waals surface area contributed by atoms with E-state index in [-0.39, 0.29) is 26.1 Å². The second-order valence-electron chi connectivity index (χ2n) is 6.40. The molecule has 0 saturated heterocycles. The van der Waals surface area contributed by atoms with Gasteiger partial charge in [-0.15, -0.1) is 0 Å². The number of carbonyl (C=O) groups excluding carboxylic acids is 1. The Morgan fingerprint density at radius 1 is 1.00 bits per heavy atom. The van der Waals surface area contributed by atoms with Gasteiger partial charge in [-0.05, 0) is 0 Å². The van der Waals surface area contributed by atoms with Crippen molar-refractivity contribution in [2.75, 3.05) is 32.4 Å². The predicted octanol–water partition coefficient (Wildman–Crippen LogP) is 0.649. The molecule has 1 unspecified atom stereocenters. The summed E-state index contributed by atoms with van der Waals surface area (Å²) in [6.07, 6.45) is -18.6. The van der Waals surface area contributed by atoms with Crippen molar-refractivity contribution >= 4 is 16.0 Å². The van der Waals surface area contributed by atoms with Gasteiger partial charge in [-0.1, -0.05) is 0 Å². The van der Waals surface area contributed by atoms with Crippen LogP contribution in [0.1, 0.15) is 26.2 Å². The minimum absolute atomic E-state index is 0.0461. The zero-order chi connectivity index (χ0) is 25.3. The number of nitrogens with one attached hydrogen (secondary N) is 2. The summed E-state index contributed by atoms with van der Waals surface area (Å²) in [7, 11) is -3.08. The fraction of sp³-hybridized carbons (Fsp3) is 0.867. The quantitative estimate of drug-likeness (QED) is 0.235. The zero-order valence-corrected chi connectivity index (χ0v) is 17.4. The molecular formula is C15H24F9N2O4S+. The molecule has 16 heteroatoms. The largest absolute Gasteiger partial charge is 0.544 e. The molecule has 6 nitrogen and oxygen atoms in total. The highest BCUT2D eigenvalue weighted by Gasteiger charge is 2.74. The maximum Gasteiger partial charge on any atom is 0.431 e. The standard InChI is InChI=1S/C13H19F9N2O4S.C2H5/c1-24(7-9(25)26)5-2-4-23-29(27,28)6-3-10(14,15)8-11(16,12(17,18)19)13(20,21)22;1-2/h23H,2-8H2,1H3,(H,25,26);1H2,2H3/q;+1. The van der Waals surface area contributed by atoms with Crippen LogP contribution in [0.5, 0.6) is 0 Å². The number of likely N-dealkylation sites (N-methyl/N-ethyl adjacent to an activating group) is 1. The predicted molar refractivity (Wildman–Crippen MR) is 89.2 cm³/mol. The summed E-state index contributed by atoms with van der Waals surface area (Å²) in [4.78, 5) is 10.7. The van der Waals surface area contributed by atoms with Crippen LogP contribution in [0.25, 0.3) is 0 Å². The van der Waals surface area contributed by atoms with Crippen LogP contribution < -0.4 is 14.7 Å². The summed E-state index contributed by atoms with van der Waals surface area (Å²) in [5, 5.41) is 10.3. The first kappa shape index (κ1) is 31.8. The number of sulfonamides is 1. The number of hydrogen-bond acceptors (Lipinski definition) is 4. The number of carboxylic acids is 1. The molecule has 2 N–H and O–H groups in total. The van der Waals surface area contributed by atoms with Crippen LogP contribution in [0.4, 0.5) is 39.5 Å². The number of halogens is 9. The first-order valence-corrected chi connectivity index (χ1v) is 10.3. The van der Waals surface area contributed by atoms with Crippen LogP contribution >= 0.6 is 0 Å². The molecule has 0 aliphatic rings. The van der Waals surface area contributed by atoms with E-state index in [0.29, 0.717) is 4.90 Å². The minimum atomic E-state index is -6.67. The highest BCUT2D eigenvalue weighted by Crippen LogP contribution is 2.51. The Morgan fingerprint density at radius 2 is 1.45 bits per heavy atom. The fourth-order valence-electron chi connectivity index (χ4n) is 2.11. The van der Waals surface area contributed by atoms with Gasteiger partial charge in [-0.2, -0.15) is 26.3 Å². The van der Waals surface area contributed by atoms with Gasteiger partial charge in [0.2, 0.25) is 10.0 Å². The van der Waals surface area contributed by atoms with Crippen molar-refractivity contribution in [3.8, 4) is 0 Å². The van der Waals surface area contributed by atoms with Gasteiger partial charge in [-0.3, -0.25) is 0 Å². The van der Waals surface area contributed by atoms with Gasteiger partial charge in [0, 0.05) is 19.4 Å². The topological polar surface area (TPSA) is 90.7 Å². The van der Waals surface area contributed by atoms with E-state index in [1.807, 2.05) is 0 Å². The summed E-state index contributed by atoms with van der Waals surface area (Å²) < 4.78 is 139. The molecule has 0 aromatic carbocycles. The van der Waals surface area contributed by atoms with E-state index in [0.717, 1.165) is 0 Å². The number of aliphatic carboxylic acids is 1. The third kappa shape index (κ3) is 11.7. The lowest BCUT2D eigenvalue weighted by Crippen LogP contribution is -3.10. The molecular weight excluding hydrogens is 475 g/mol. The van der Waals surface area contributed by atoms with Gasteiger partial charge in [0.15, 0.2) is 0 Å². The van der Waals surface area contributed by atoms with E-state index in [4.69, 9.17) is 0 Å². The average Bonchev–Trinajstić information content (AvgIpc) is 2.56. The van der Waals surface area contributed by atoms with Crippen LogP contribution in [-0.2, 0) is 14.8 Å². The molecule has 31 heavy (non-hydrogen) atoms. The van der Waals surface area contributed by atoms with Gasteiger partial charge >= 0.3 is 18.0 Å². The maximum atomic E-state index is 13.5. The van der Waals surface area contributed by atoms with Gasteiger partial charge in [0.25, 0.3) is 5.92 Å². The Balaban J connectivity index is 0. The lowest BCUT2D eigenvalue weighted by Gasteiger charge is -2.32. The summed E-state index contributed by atoms with van der Waals surface area (Å²) in [6.45, 7) is 4.40. The summed E-state index contributed by atoms with van der Waals surface area (Å²) in [6, 6.07) is 0. The number of carboxylic acid groups (broad SMARTS) is 1. The number of quaternary nitrogens is 1. The second kappa shape index (κ2) is 12.0. The normalized spacial score (nSPS) is 14.5. The van der Waals surface area contributed by atoms with Gasteiger partial charge < -0.3 is 14.8 Å². The minimum Gasteiger partial charge on any atom is -0.544 e. The van der Waals surface area contributed by atoms with Crippen LogP contribution in [0.3, 0.4) is 0 Å². The number of carbonyl (C=O) groups is 1. The molecule has 0 bridgehead atoms. The van der Waals surface area contributed by atoms with Gasteiger partial charge in [-0.25, -0.2) is 26.3 Å². The lowest BCUT2D eigenvalue weighted by atomic mass is 9.94. The van der Waals surface area contributed by atoms with Crippen LogP contribution in [0.15, 0.2) is 0 Å². The van der Waals surface area contributed by atoms with Crippen molar-refractivity contribution in [3.63, 3.8) is 0 Å². The summed E-state index contributed by atoms with van der Waals surface area (Å²) in [5.74, 6) is -7.84. The average molecular weight is 499 g/mol. The number of rotatable bonds is 12. The van der Waals surface area contributed by atoms with E-state index >= 15 is 0 Å². The van der Waals surface area contributed by atoms with Crippen LogP contribution in [0.2, 0.25) is 0 Å². The molecule has 186 valence electrons. The number of alkyl halides is 9. The lowest BCUT2D eigenvalue weighted by molar-refractivity contribution is -0.873.